The van der Waals surface area contributed by atoms with Crippen molar-refractivity contribution >= 4 is 11.6 Å². The van der Waals surface area contributed by atoms with Crippen molar-refractivity contribution in [2.45, 2.75) is 27.2 Å². The lowest BCUT2D eigenvalue weighted by molar-refractivity contribution is 0.297. The van der Waals surface area contributed by atoms with Gasteiger partial charge in [-0.3, -0.25) is 4.99 Å². The van der Waals surface area contributed by atoms with Gasteiger partial charge in [-0.2, -0.15) is 0 Å². The van der Waals surface area contributed by atoms with Crippen molar-refractivity contribution in [1.82, 2.24) is 10.2 Å². The third kappa shape index (κ3) is 6.66. The number of nitrogens with zero attached hydrogens (tertiary/aromatic N) is 2. The number of nitrogens with one attached hydrogen (secondary N) is 2. The molecule has 136 valence electrons. The maximum Gasteiger partial charge on any atom is 0.195 e. The van der Waals surface area contributed by atoms with Crippen LogP contribution in [0.2, 0.25) is 0 Å². The first kappa shape index (κ1) is 20.1. The normalized spacial score (nSPS) is 11.5. The molecule has 0 unspecified atom stereocenters. The summed E-state index contributed by atoms with van der Waals surface area (Å²) in [5.41, 5.74) is 0.910. The highest BCUT2D eigenvalue weighted by atomic mass is 16.5. The van der Waals surface area contributed by atoms with Crippen LogP contribution in [0.4, 0.5) is 5.69 Å². The third-order valence-electron chi connectivity index (χ3n) is 3.66. The number of rotatable bonds is 10. The van der Waals surface area contributed by atoms with Crippen molar-refractivity contribution < 1.29 is 9.47 Å². The average molecular weight is 336 g/mol. The number of benzene rings is 1. The summed E-state index contributed by atoms with van der Waals surface area (Å²) in [7, 11) is 3.26. The van der Waals surface area contributed by atoms with E-state index in [1.54, 1.807) is 14.2 Å². The van der Waals surface area contributed by atoms with Crippen LogP contribution >= 0.6 is 0 Å². The molecule has 2 N–H and O–H groups in total. The smallest absolute Gasteiger partial charge is 0.195 e. The molecule has 0 radical (unpaired) electrons. The number of guanidine groups is 1. The summed E-state index contributed by atoms with van der Waals surface area (Å²) in [5, 5.41) is 6.58. The van der Waals surface area contributed by atoms with Crippen LogP contribution in [0.1, 0.15) is 27.2 Å². The molecule has 0 bridgehead atoms. The lowest BCUT2D eigenvalue weighted by Crippen LogP contribution is -2.32. The van der Waals surface area contributed by atoms with Crippen LogP contribution in [-0.4, -0.2) is 57.8 Å². The van der Waals surface area contributed by atoms with E-state index in [2.05, 4.69) is 41.3 Å². The van der Waals surface area contributed by atoms with Gasteiger partial charge < -0.3 is 25.0 Å². The zero-order chi connectivity index (χ0) is 17.8. The number of aliphatic imine (C=N–C) groups is 1. The fourth-order valence-corrected chi connectivity index (χ4v) is 2.41. The van der Waals surface area contributed by atoms with Crippen LogP contribution in [0.5, 0.6) is 11.5 Å². The molecule has 0 saturated carbocycles. The molecule has 6 heteroatoms. The Morgan fingerprint density at radius 2 is 1.83 bits per heavy atom. The fraction of sp³-hybridized carbons (Fsp3) is 0.611. The van der Waals surface area contributed by atoms with Crippen molar-refractivity contribution in [3.05, 3.63) is 18.2 Å². The zero-order valence-electron chi connectivity index (χ0n) is 15.7. The Hall–Kier alpha value is -1.95. The first-order valence-corrected chi connectivity index (χ1v) is 8.68. The number of hydrogen-bond donors (Lipinski definition) is 2. The first-order chi connectivity index (χ1) is 11.7. The Kier molecular flexibility index (Phi) is 9.68. The molecule has 0 aliphatic rings. The molecule has 0 atom stereocenters. The second-order valence-corrected chi connectivity index (χ2v) is 5.39. The molecule has 1 aromatic carbocycles. The maximum absolute atomic E-state index is 5.34. The molecule has 0 spiro atoms. The summed E-state index contributed by atoms with van der Waals surface area (Å²) >= 11 is 0. The van der Waals surface area contributed by atoms with Crippen molar-refractivity contribution in [3.63, 3.8) is 0 Å². The highest BCUT2D eigenvalue weighted by Gasteiger charge is 2.06. The van der Waals surface area contributed by atoms with Gasteiger partial charge in [0.25, 0.3) is 0 Å². The van der Waals surface area contributed by atoms with Gasteiger partial charge in [-0.25, -0.2) is 0 Å². The molecule has 24 heavy (non-hydrogen) atoms. The Balaban J connectivity index is 2.72. The van der Waals surface area contributed by atoms with Crippen LogP contribution in [0, 0.1) is 0 Å². The molecule has 1 rings (SSSR count). The van der Waals surface area contributed by atoms with Crippen LogP contribution in [0.25, 0.3) is 0 Å². The summed E-state index contributed by atoms with van der Waals surface area (Å²) in [5.74, 6) is 2.18. The highest BCUT2D eigenvalue weighted by Crippen LogP contribution is 2.29. The number of likely N-dealkylation sites (N-methyl/N-ethyl adjacent to an activating group) is 1. The minimum atomic E-state index is 0.693. The predicted octanol–water partition coefficient (Wildman–Crippen LogP) is 2.81. The molecule has 1 aromatic rings. The molecule has 0 heterocycles. The second kappa shape index (κ2) is 11.6. The topological polar surface area (TPSA) is 58.1 Å². The quantitative estimate of drug-likeness (QED) is 0.508. The highest BCUT2D eigenvalue weighted by molar-refractivity contribution is 5.93. The minimum absolute atomic E-state index is 0.693. The maximum atomic E-state index is 5.34. The van der Waals surface area contributed by atoms with E-state index in [1.165, 1.54) is 6.42 Å². The molecule has 0 amide bonds. The SMILES string of the molecule is CCCN(CC)CCN=C(NCC)Nc1ccc(OC)c(OC)c1. The van der Waals surface area contributed by atoms with E-state index >= 15 is 0 Å². The van der Waals surface area contributed by atoms with Crippen LogP contribution < -0.4 is 20.1 Å². The van der Waals surface area contributed by atoms with E-state index < -0.39 is 0 Å². The van der Waals surface area contributed by atoms with Gasteiger partial charge in [-0.1, -0.05) is 13.8 Å². The van der Waals surface area contributed by atoms with Crippen LogP contribution in [0.3, 0.4) is 0 Å². The molecular formula is C18H32N4O2. The lowest BCUT2D eigenvalue weighted by atomic mass is 10.3. The Bertz CT molecular complexity index is 506. The van der Waals surface area contributed by atoms with Crippen LogP contribution in [0.15, 0.2) is 23.2 Å². The molecule has 0 saturated heterocycles. The predicted molar refractivity (Wildman–Crippen MR) is 102 cm³/mol. The number of hydrogen-bond acceptors (Lipinski definition) is 4. The lowest BCUT2D eigenvalue weighted by Gasteiger charge is -2.19. The molecular weight excluding hydrogens is 304 g/mol. The number of methoxy groups -OCH3 is 2. The monoisotopic (exact) mass is 336 g/mol. The number of ether oxygens (including phenoxy) is 2. The summed E-state index contributed by atoms with van der Waals surface area (Å²) in [6.07, 6.45) is 1.17. The van der Waals surface area contributed by atoms with Gasteiger partial charge in [0.15, 0.2) is 17.5 Å². The van der Waals surface area contributed by atoms with Crippen LogP contribution in [-0.2, 0) is 0 Å². The van der Waals surface area contributed by atoms with Crippen molar-refractivity contribution in [3.8, 4) is 11.5 Å². The van der Waals surface area contributed by atoms with E-state index in [-0.39, 0.29) is 0 Å². The number of anilines is 1. The fourth-order valence-electron chi connectivity index (χ4n) is 2.41. The molecule has 0 aliphatic heterocycles. The van der Waals surface area contributed by atoms with E-state index in [0.29, 0.717) is 11.5 Å². The first-order valence-electron chi connectivity index (χ1n) is 8.68. The molecule has 0 fully saturated rings. The molecule has 6 nitrogen and oxygen atoms in total. The van der Waals surface area contributed by atoms with Gasteiger partial charge >= 0.3 is 0 Å². The van der Waals surface area contributed by atoms with Gasteiger partial charge in [-0.05, 0) is 38.6 Å². The summed E-state index contributed by atoms with van der Waals surface area (Å²) in [6.45, 7) is 11.2. The van der Waals surface area contributed by atoms with E-state index in [9.17, 15) is 0 Å². The van der Waals surface area contributed by atoms with E-state index in [1.807, 2.05) is 18.2 Å². The van der Waals surface area contributed by atoms with Gasteiger partial charge in [0, 0.05) is 24.8 Å². The Morgan fingerprint density at radius 1 is 1.08 bits per heavy atom. The van der Waals surface area contributed by atoms with Gasteiger partial charge in [0.05, 0.1) is 20.8 Å². The molecule has 0 aliphatic carbocycles. The van der Waals surface area contributed by atoms with Crippen molar-refractivity contribution in [1.29, 1.82) is 0 Å². The summed E-state index contributed by atoms with van der Waals surface area (Å²) < 4.78 is 10.6. The largest absolute Gasteiger partial charge is 0.493 e. The zero-order valence-corrected chi connectivity index (χ0v) is 15.7. The standard InChI is InChI=1S/C18H32N4O2/c1-6-12-22(8-3)13-11-20-18(19-7-2)21-15-9-10-16(23-4)17(14-15)24-5/h9-10,14H,6-8,11-13H2,1-5H3,(H2,19,20,21). The minimum Gasteiger partial charge on any atom is -0.493 e. The summed E-state index contributed by atoms with van der Waals surface area (Å²) in [4.78, 5) is 7.06. The third-order valence-corrected chi connectivity index (χ3v) is 3.66. The summed E-state index contributed by atoms with van der Waals surface area (Å²) in [6, 6.07) is 5.73. The van der Waals surface area contributed by atoms with Crippen molar-refractivity contribution in [2.24, 2.45) is 4.99 Å². The Labute approximate surface area is 146 Å². The van der Waals surface area contributed by atoms with E-state index in [4.69, 9.17) is 9.47 Å². The Morgan fingerprint density at radius 3 is 2.42 bits per heavy atom. The van der Waals surface area contributed by atoms with E-state index in [0.717, 1.165) is 44.4 Å². The van der Waals surface area contributed by atoms with Gasteiger partial charge in [0.2, 0.25) is 0 Å². The van der Waals surface area contributed by atoms with Crippen molar-refractivity contribution in [2.75, 3.05) is 52.3 Å². The average Bonchev–Trinajstić information content (AvgIpc) is 2.60. The van der Waals surface area contributed by atoms with Gasteiger partial charge in [-0.15, -0.1) is 0 Å². The second-order valence-electron chi connectivity index (χ2n) is 5.39. The van der Waals surface area contributed by atoms with Gasteiger partial charge in [0.1, 0.15) is 0 Å². The molecule has 0 aromatic heterocycles.